The van der Waals surface area contributed by atoms with Gasteiger partial charge in [0.25, 0.3) is 11.2 Å². The average molecular weight is 657 g/mol. The number of hydrogen-bond donors (Lipinski definition) is 3. The molecule has 0 spiro atoms. The molecule has 11 heteroatoms. The first-order chi connectivity index (χ1) is 22.8. The minimum absolute atomic E-state index is 0.170. The maximum Gasteiger partial charge on any atom is 0.386 e. The maximum atomic E-state index is 12.2. The quantitative estimate of drug-likeness (QED) is 0.0595. The number of nitrogens with zero attached hydrogens (tertiary/aromatic N) is 3. The Morgan fingerprint density at radius 1 is 1.00 bits per heavy atom. The lowest BCUT2D eigenvalue weighted by molar-refractivity contribution is -0.138. The molecular formula is C36H44N6O4S. The molecule has 0 bridgehead atoms. The molecule has 0 saturated heterocycles. The van der Waals surface area contributed by atoms with Crippen LogP contribution in [0.4, 0.5) is 5.69 Å². The number of carbonyl (C=O) groups excluding carboxylic acids is 2. The van der Waals surface area contributed by atoms with Crippen LogP contribution in [-0.4, -0.2) is 41.7 Å². The van der Waals surface area contributed by atoms with Crippen LogP contribution in [0.25, 0.3) is 9.69 Å². The van der Waals surface area contributed by atoms with Gasteiger partial charge in [0.2, 0.25) is 0 Å². The second-order valence-corrected chi connectivity index (χ2v) is 12.1. The van der Waals surface area contributed by atoms with E-state index in [-0.39, 0.29) is 29.5 Å². The van der Waals surface area contributed by atoms with Crippen molar-refractivity contribution in [2.24, 2.45) is 11.7 Å². The fourth-order valence-corrected chi connectivity index (χ4v) is 5.90. The number of rotatable bonds is 7. The summed E-state index contributed by atoms with van der Waals surface area (Å²) in [6, 6.07) is 19.6. The van der Waals surface area contributed by atoms with Crippen LogP contribution in [0.15, 0.2) is 75.5 Å². The van der Waals surface area contributed by atoms with Crippen LogP contribution >= 0.6 is 11.8 Å². The largest absolute Gasteiger partial charge is 0.464 e. The molecule has 5 rings (SSSR count). The Bertz CT molecular complexity index is 1520. The van der Waals surface area contributed by atoms with E-state index in [1.165, 1.54) is 44.6 Å². The molecule has 0 amide bonds. The van der Waals surface area contributed by atoms with E-state index in [0.717, 1.165) is 55.3 Å². The van der Waals surface area contributed by atoms with E-state index in [0.29, 0.717) is 23.2 Å². The summed E-state index contributed by atoms with van der Waals surface area (Å²) >= 11 is 1.43. The smallest absolute Gasteiger partial charge is 0.386 e. The number of aromatic amines is 1. The van der Waals surface area contributed by atoms with Crippen LogP contribution in [-0.2, 0) is 20.7 Å². The zero-order chi connectivity index (χ0) is 34.3. The van der Waals surface area contributed by atoms with Crippen molar-refractivity contribution < 1.29 is 14.3 Å². The minimum Gasteiger partial charge on any atom is -0.464 e. The molecule has 47 heavy (non-hydrogen) atoms. The molecule has 0 radical (unpaired) electrons. The molecule has 0 atom stereocenters. The Morgan fingerprint density at radius 2 is 1.57 bits per heavy atom. The van der Waals surface area contributed by atoms with Gasteiger partial charge >= 0.3 is 12.5 Å². The summed E-state index contributed by atoms with van der Waals surface area (Å²) < 4.78 is 4.14. The van der Waals surface area contributed by atoms with Gasteiger partial charge in [0.1, 0.15) is 6.29 Å². The van der Waals surface area contributed by atoms with Crippen molar-refractivity contribution in [2.75, 3.05) is 13.7 Å². The molecule has 4 N–H and O–H groups in total. The second kappa shape index (κ2) is 22.7. The number of carbonyl (C=O) groups is 2. The summed E-state index contributed by atoms with van der Waals surface area (Å²) in [4.78, 5) is 46.9. The Kier molecular flexibility index (Phi) is 18.6. The standard InChI is InChI=1S/C17H17N3OS.C8H10N2.C7H12O.C4H5NO2/c1-18-15-14(12-8-4-2-5-9-12)19-17(20-16(15)21)22-13-10-6-3-7-11-13;9-8(10)6-7-4-2-1-3-5-7;8-6-7-4-2-1-3-5-7;1-5-3-4(6)7-2/h3,6-7,10-12H,2,4-5,8-9H2,(H,19,20,21);1-5H,6H2,(H3,9,10);6-7H,1-5H2;3H2,2H3. The highest BCUT2D eigenvalue weighted by atomic mass is 32.2. The van der Waals surface area contributed by atoms with Crippen LogP contribution in [0.5, 0.6) is 0 Å². The van der Waals surface area contributed by atoms with E-state index in [4.69, 9.17) is 24.3 Å². The van der Waals surface area contributed by atoms with Crippen molar-refractivity contribution in [3.8, 4) is 0 Å². The van der Waals surface area contributed by atoms with E-state index in [9.17, 15) is 14.4 Å². The summed E-state index contributed by atoms with van der Waals surface area (Å²) in [7, 11) is 1.26. The maximum absolute atomic E-state index is 12.2. The van der Waals surface area contributed by atoms with Gasteiger partial charge in [-0.05, 0) is 49.3 Å². The van der Waals surface area contributed by atoms with Gasteiger partial charge in [-0.1, -0.05) is 98.8 Å². The van der Waals surface area contributed by atoms with Crippen LogP contribution in [0.2, 0.25) is 0 Å². The Labute approximate surface area is 281 Å². The van der Waals surface area contributed by atoms with Gasteiger partial charge in [-0.3, -0.25) is 10.2 Å². The van der Waals surface area contributed by atoms with Crippen molar-refractivity contribution >= 4 is 35.5 Å². The van der Waals surface area contributed by atoms with Crippen LogP contribution < -0.4 is 11.3 Å². The lowest BCUT2D eigenvalue weighted by Gasteiger charge is -2.22. The van der Waals surface area contributed by atoms with Crippen molar-refractivity contribution in [1.82, 2.24) is 9.97 Å². The number of ether oxygens (including phenoxy) is 1. The molecule has 2 fully saturated rings. The highest BCUT2D eigenvalue weighted by molar-refractivity contribution is 7.99. The third-order valence-electron chi connectivity index (χ3n) is 7.48. The number of H-pyrrole nitrogens is 1. The number of methoxy groups -OCH3 is 1. The first kappa shape index (κ1) is 38.4. The Morgan fingerprint density at radius 3 is 2.04 bits per heavy atom. The summed E-state index contributed by atoms with van der Waals surface area (Å²) in [5.74, 6) is 0.389. The molecule has 2 aliphatic rings. The topological polar surface area (TPSA) is 148 Å². The summed E-state index contributed by atoms with van der Waals surface area (Å²) in [6.45, 7) is 13.3. The number of esters is 1. The van der Waals surface area contributed by atoms with Crippen LogP contribution in [0.1, 0.15) is 81.4 Å². The molecule has 2 aromatic carbocycles. The molecule has 10 nitrogen and oxygen atoms in total. The molecule has 3 aromatic rings. The average Bonchev–Trinajstić information content (AvgIpc) is 3.10. The van der Waals surface area contributed by atoms with E-state index >= 15 is 0 Å². The summed E-state index contributed by atoms with van der Waals surface area (Å²) in [5, 5.41) is 7.58. The normalized spacial score (nSPS) is 14.1. The third kappa shape index (κ3) is 15.4. The zero-order valence-electron chi connectivity index (χ0n) is 27.0. The lowest BCUT2D eigenvalue weighted by atomic mass is 9.86. The lowest BCUT2D eigenvalue weighted by Crippen LogP contribution is -2.15. The number of aromatic nitrogens is 2. The number of nitrogens with two attached hydrogens (primary N) is 1. The first-order valence-corrected chi connectivity index (χ1v) is 16.6. The molecule has 2 saturated carbocycles. The van der Waals surface area contributed by atoms with Gasteiger partial charge in [-0.2, -0.15) is 0 Å². The Balaban J connectivity index is 0.000000254. The fraction of sp³-hybridized carbons (Fsp3) is 0.417. The van der Waals surface area contributed by atoms with Gasteiger partial charge in [-0.25, -0.2) is 21.2 Å². The van der Waals surface area contributed by atoms with E-state index < -0.39 is 5.97 Å². The Hall–Kier alpha value is -4.74. The van der Waals surface area contributed by atoms with Crippen molar-refractivity contribution in [1.29, 1.82) is 5.41 Å². The second-order valence-electron chi connectivity index (χ2n) is 11.1. The fourth-order valence-electron chi connectivity index (χ4n) is 5.10. The summed E-state index contributed by atoms with van der Waals surface area (Å²) in [5.41, 5.74) is 6.85. The molecule has 2 aliphatic carbocycles. The highest BCUT2D eigenvalue weighted by Crippen LogP contribution is 2.36. The molecule has 1 heterocycles. The predicted molar refractivity (Wildman–Crippen MR) is 186 cm³/mol. The van der Waals surface area contributed by atoms with E-state index in [1.54, 1.807) is 0 Å². The first-order valence-electron chi connectivity index (χ1n) is 15.8. The molecule has 248 valence electrons. The predicted octanol–water partition coefficient (Wildman–Crippen LogP) is 7.53. The van der Waals surface area contributed by atoms with Gasteiger partial charge in [0.05, 0.1) is 25.2 Å². The van der Waals surface area contributed by atoms with Gasteiger partial charge in [0.15, 0.2) is 5.16 Å². The van der Waals surface area contributed by atoms with Gasteiger partial charge in [-0.15, -0.1) is 0 Å². The van der Waals surface area contributed by atoms with Crippen molar-refractivity contribution in [3.63, 3.8) is 0 Å². The number of amidine groups is 1. The third-order valence-corrected chi connectivity index (χ3v) is 8.37. The number of nitrogens with one attached hydrogen (secondary N) is 2. The zero-order valence-corrected chi connectivity index (χ0v) is 27.8. The van der Waals surface area contributed by atoms with Crippen molar-refractivity contribution in [3.05, 3.63) is 105 Å². The van der Waals surface area contributed by atoms with Crippen LogP contribution in [0.3, 0.4) is 0 Å². The molecule has 1 aromatic heterocycles. The molecular weight excluding hydrogens is 613 g/mol. The van der Waals surface area contributed by atoms with E-state index in [1.807, 2.05) is 60.7 Å². The number of aldehydes is 1. The molecule has 0 aliphatic heterocycles. The highest BCUT2D eigenvalue weighted by Gasteiger charge is 2.23. The monoisotopic (exact) mass is 656 g/mol. The summed E-state index contributed by atoms with van der Waals surface area (Å²) in [6.07, 6.45) is 13.4. The number of benzene rings is 2. The van der Waals surface area contributed by atoms with Crippen LogP contribution in [0, 0.1) is 24.5 Å². The minimum atomic E-state index is -0.477. The van der Waals surface area contributed by atoms with Gasteiger partial charge in [0, 0.05) is 17.2 Å². The van der Waals surface area contributed by atoms with E-state index in [2.05, 4.69) is 24.4 Å². The SMILES string of the molecule is N=C(N)Cc1ccccc1.O=CC1CCCCC1.[C-]#[N+]CC(=O)OC.[C-]#[N+]c1c(C2CCCCC2)nc(Sc2ccccc2)[nH]c1=O. The number of hydrogen-bond acceptors (Lipinski definition) is 7. The molecule has 0 unspecified atom stereocenters. The van der Waals surface area contributed by atoms with Crippen molar-refractivity contribution in [2.45, 2.75) is 86.6 Å². The van der Waals surface area contributed by atoms with Gasteiger partial charge < -0.3 is 25.1 Å².